The molecule has 0 radical (unpaired) electrons. The standard InChI is InChI=1S/C23H25N5O2/c1-15-21(16(2)28-23(26-15)19(13-24)14-25-28)7-8-22(30)27-11-9-18(10-12-27)17-3-5-20(29)6-4-17/h3-6,14,18,29H,7-12H2,1-2H3. The molecule has 30 heavy (non-hydrogen) atoms. The Morgan fingerprint density at radius 1 is 1.23 bits per heavy atom. The van der Waals surface area contributed by atoms with Gasteiger partial charge in [0.1, 0.15) is 17.4 Å². The van der Waals surface area contributed by atoms with Crippen LogP contribution in [0.2, 0.25) is 0 Å². The number of hydrogen-bond acceptors (Lipinski definition) is 5. The second-order valence-electron chi connectivity index (χ2n) is 7.91. The van der Waals surface area contributed by atoms with Crippen molar-refractivity contribution in [3.63, 3.8) is 0 Å². The van der Waals surface area contributed by atoms with Crippen molar-refractivity contribution in [2.24, 2.45) is 0 Å². The highest BCUT2D eigenvalue weighted by Gasteiger charge is 2.24. The molecule has 7 heteroatoms. The Balaban J connectivity index is 1.38. The second kappa shape index (κ2) is 8.15. The van der Waals surface area contributed by atoms with E-state index in [4.69, 9.17) is 0 Å². The Hall–Kier alpha value is -3.40. The Labute approximate surface area is 175 Å². The van der Waals surface area contributed by atoms with Gasteiger partial charge in [-0.1, -0.05) is 12.1 Å². The van der Waals surface area contributed by atoms with Crippen LogP contribution in [0.3, 0.4) is 0 Å². The number of aryl methyl sites for hydroxylation is 2. The Morgan fingerprint density at radius 2 is 1.93 bits per heavy atom. The summed E-state index contributed by atoms with van der Waals surface area (Å²) in [5, 5.41) is 22.9. The molecule has 0 unspecified atom stereocenters. The smallest absolute Gasteiger partial charge is 0.222 e. The van der Waals surface area contributed by atoms with Crippen molar-refractivity contribution in [3.05, 3.63) is 58.5 Å². The second-order valence-corrected chi connectivity index (χ2v) is 7.91. The lowest BCUT2D eigenvalue weighted by atomic mass is 9.89. The molecule has 1 amide bonds. The number of likely N-dealkylation sites (tertiary alicyclic amines) is 1. The van der Waals surface area contributed by atoms with Gasteiger partial charge in [-0.25, -0.2) is 9.50 Å². The number of nitrogens with zero attached hydrogens (tertiary/aromatic N) is 5. The van der Waals surface area contributed by atoms with E-state index in [2.05, 4.69) is 16.2 Å². The minimum Gasteiger partial charge on any atom is -0.508 e. The Kier molecular flexibility index (Phi) is 5.40. The van der Waals surface area contributed by atoms with Gasteiger partial charge in [0.25, 0.3) is 0 Å². The predicted octanol–water partition coefficient (Wildman–Crippen LogP) is 3.26. The molecule has 1 saturated heterocycles. The number of carbonyl (C=O) groups is 1. The van der Waals surface area contributed by atoms with Crippen LogP contribution in [0.5, 0.6) is 5.75 Å². The van der Waals surface area contributed by atoms with E-state index >= 15 is 0 Å². The van der Waals surface area contributed by atoms with E-state index in [-0.39, 0.29) is 11.7 Å². The minimum absolute atomic E-state index is 0.163. The summed E-state index contributed by atoms with van der Waals surface area (Å²) in [5.74, 6) is 0.875. The van der Waals surface area contributed by atoms with Gasteiger partial charge in [-0.05, 0) is 62.3 Å². The van der Waals surface area contributed by atoms with Gasteiger partial charge in [-0.15, -0.1) is 0 Å². The van der Waals surface area contributed by atoms with E-state index in [1.165, 1.54) is 11.8 Å². The lowest BCUT2D eigenvalue weighted by molar-refractivity contribution is -0.132. The fourth-order valence-electron chi connectivity index (χ4n) is 4.35. The molecular weight excluding hydrogens is 378 g/mol. The zero-order chi connectivity index (χ0) is 21.3. The van der Waals surface area contributed by atoms with E-state index in [0.29, 0.717) is 30.0 Å². The molecule has 7 nitrogen and oxygen atoms in total. The van der Waals surface area contributed by atoms with Crippen LogP contribution in [0.4, 0.5) is 0 Å². The zero-order valence-corrected chi connectivity index (χ0v) is 17.3. The minimum atomic E-state index is 0.163. The van der Waals surface area contributed by atoms with E-state index in [9.17, 15) is 15.2 Å². The summed E-state index contributed by atoms with van der Waals surface area (Å²) in [7, 11) is 0. The first-order valence-electron chi connectivity index (χ1n) is 10.3. The predicted molar refractivity (Wildman–Crippen MR) is 112 cm³/mol. The van der Waals surface area contributed by atoms with Crippen molar-refractivity contribution in [3.8, 4) is 11.8 Å². The normalized spacial score (nSPS) is 14.8. The van der Waals surface area contributed by atoms with E-state index in [0.717, 1.165) is 42.9 Å². The molecule has 0 spiro atoms. The number of phenols is 1. The van der Waals surface area contributed by atoms with Crippen LogP contribution in [0.15, 0.2) is 30.5 Å². The Bertz CT molecular complexity index is 1120. The molecule has 4 rings (SSSR count). The van der Waals surface area contributed by atoms with Gasteiger partial charge < -0.3 is 10.0 Å². The summed E-state index contributed by atoms with van der Waals surface area (Å²) in [4.78, 5) is 19.3. The van der Waals surface area contributed by atoms with Gasteiger partial charge in [0, 0.05) is 30.9 Å². The molecule has 2 aromatic heterocycles. The van der Waals surface area contributed by atoms with Crippen molar-refractivity contribution in [1.29, 1.82) is 5.26 Å². The van der Waals surface area contributed by atoms with Crippen molar-refractivity contribution in [1.82, 2.24) is 19.5 Å². The van der Waals surface area contributed by atoms with Gasteiger partial charge in [-0.2, -0.15) is 10.4 Å². The number of phenolic OH excluding ortho intramolecular Hbond substituents is 1. The highest BCUT2D eigenvalue weighted by atomic mass is 16.3. The average Bonchev–Trinajstić information content (AvgIpc) is 3.17. The number of carbonyl (C=O) groups excluding carboxylic acids is 1. The molecule has 1 aliphatic heterocycles. The maximum Gasteiger partial charge on any atom is 0.222 e. The first-order chi connectivity index (χ1) is 14.5. The fourth-order valence-corrected chi connectivity index (χ4v) is 4.35. The van der Waals surface area contributed by atoms with Crippen LogP contribution in [0.1, 0.15) is 53.3 Å². The number of amides is 1. The maximum atomic E-state index is 12.8. The quantitative estimate of drug-likeness (QED) is 0.721. The lowest BCUT2D eigenvalue weighted by Gasteiger charge is -2.32. The van der Waals surface area contributed by atoms with Gasteiger partial charge in [0.2, 0.25) is 5.91 Å². The summed E-state index contributed by atoms with van der Waals surface area (Å²) >= 11 is 0. The summed E-state index contributed by atoms with van der Waals surface area (Å²) in [6.07, 6.45) is 4.45. The summed E-state index contributed by atoms with van der Waals surface area (Å²) in [6, 6.07) is 9.51. The first kappa shape index (κ1) is 19.9. The molecule has 1 aliphatic rings. The number of benzene rings is 1. The number of fused-ring (bicyclic) bond motifs is 1. The molecule has 1 fully saturated rings. The van der Waals surface area contributed by atoms with Crippen molar-refractivity contribution in [2.45, 2.75) is 45.4 Å². The van der Waals surface area contributed by atoms with Crippen LogP contribution in [-0.4, -0.2) is 43.6 Å². The molecule has 0 bridgehead atoms. The summed E-state index contributed by atoms with van der Waals surface area (Å²) in [6.45, 7) is 5.39. The van der Waals surface area contributed by atoms with Crippen molar-refractivity contribution < 1.29 is 9.90 Å². The topological polar surface area (TPSA) is 94.5 Å². The number of hydrogen-bond donors (Lipinski definition) is 1. The van der Waals surface area contributed by atoms with Gasteiger partial charge in [0.05, 0.1) is 6.20 Å². The molecular formula is C23H25N5O2. The Morgan fingerprint density at radius 3 is 2.60 bits per heavy atom. The van der Waals surface area contributed by atoms with Gasteiger partial charge in [-0.3, -0.25) is 4.79 Å². The van der Waals surface area contributed by atoms with Crippen LogP contribution >= 0.6 is 0 Å². The lowest BCUT2D eigenvalue weighted by Crippen LogP contribution is -2.38. The molecule has 0 aliphatic carbocycles. The number of nitriles is 1. The third kappa shape index (κ3) is 3.73. The number of aromatic hydroxyl groups is 1. The molecule has 3 heterocycles. The third-order valence-electron chi connectivity index (χ3n) is 6.13. The molecule has 0 atom stereocenters. The first-order valence-corrected chi connectivity index (χ1v) is 10.3. The van der Waals surface area contributed by atoms with Crippen LogP contribution in [0, 0.1) is 25.2 Å². The van der Waals surface area contributed by atoms with Crippen molar-refractivity contribution in [2.75, 3.05) is 13.1 Å². The number of rotatable bonds is 4. The van der Waals surface area contributed by atoms with E-state index < -0.39 is 0 Å². The highest BCUT2D eigenvalue weighted by molar-refractivity contribution is 5.76. The summed E-state index contributed by atoms with van der Waals surface area (Å²) < 4.78 is 1.69. The van der Waals surface area contributed by atoms with Crippen molar-refractivity contribution >= 4 is 11.6 Å². The molecule has 1 N–H and O–H groups in total. The molecule has 3 aromatic rings. The number of aromatic nitrogens is 3. The zero-order valence-electron chi connectivity index (χ0n) is 17.3. The van der Waals surface area contributed by atoms with Crippen LogP contribution in [0.25, 0.3) is 5.65 Å². The third-order valence-corrected chi connectivity index (χ3v) is 6.13. The number of piperidine rings is 1. The monoisotopic (exact) mass is 403 g/mol. The molecule has 0 saturated carbocycles. The van der Waals surface area contributed by atoms with Gasteiger partial charge in [0.15, 0.2) is 5.65 Å². The largest absolute Gasteiger partial charge is 0.508 e. The van der Waals surface area contributed by atoms with E-state index in [1.54, 1.807) is 16.6 Å². The fraction of sp³-hybridized carbons (Fsp3) is 0.391. The molecule has 154 valence electrons. The average molecular weight is 403 g/mol. The van der Waals surface area contributed by atoms with Crippen LogP contribution in [-0.2, 0) is 11.2 Å². The highest BCUT2D eigenvalue weighted by Crippen LogP contribution is 2.29. The SMILES string of the molecule is Cc1nc2c(C#N)cnn2c(C)c1CCC(=O)N1CCC(c2ccc(O)cc2)CC1. The van der Waals surface area contributed by atoms with Crippen LogP contribution < -0.4 is 0 Å². The maximum absolute atomic E-state index is 12.8. The molecule has 1 aromatic carbocycles. The van der Waals surface area contributed by atoms with E-state index in [1.807, 2.05) is 30.9 Å². The van der Waals surface area contributed by atoms with Gasteiger partial charge >= 0.3 is 0 Å². The summed E-state index contributed by atoms with van der Waals surface area (Å²) in [5.41, 5.74) is 5.04.